The van der Waals surface area contributed by atoms with Crippen molar-refractivity contribution in [3.8, 4) is 0 Å². The first-order chi connectivity index (χ1) is 8.60. The third kappa shape index (κ3) is 2.90. The standard InChI is InChI=1S/C14H20N2O2/c1-9(2)17-8-12(16-15)14-7-11-6-10(3)4-5-13(11)18-14/h4-7,9,12,16H,8,15H2,1-3H3. The van der Waals surface area contributed by atoms with Crippen molar-refractivity contribution in [3.63, 3.8) is 0 Å². The van der Waals surface area contributed by atoms with Crippen molar-refractivity contribution in [2.45, 2.75) is 32.9 Å². The van der Waals surface area contributed by atoms with Crippen LogP contribution in [0, 0.1) is 6.92 Å². The zero-order chi connectivity index (χ0) is 13.1. The van der Waals surface area contributed by atoms with Gasteiger partial charge in [0.05, 0.1) is 12.7 Å². The van der Waals surface area contributed by atoms with Crippen molar-refractivity contribution in [3.05, 3.63) is 35.6 Å². The number of hydrogen-bond acceptors (Lipinski definition) is 4. The van der Waals surface area contributed by atoms with Crippen LogP contribution in [0.5, 0.6) is 0 Å². The molecule has 2 rings (SSSR count). The summed E-state index contributed by atoms with van der Waals surface area (Å²) in [6, 6.07) is 7.99. The van der Waals surface area contributed by atoms with Crippen LogP contribution in [0.4, 0.5) is 0 Å². The third-order valence-corrected chi connectivity index (χ3v) is 2.83. The predicted octanol–water partition coefficient (Wildman–Crippen LogP) is 2.67. The minimum absolute atomic E-state index is 0.125. The summed E-state index contributed by atoms with van der Waals surface area (Å²) in [6.45, 7) is 6.55. The van der Waals surface area contributed by atoms with Crippen molar-refractivity contribution in [2.24, 2.45) is 5.84 Å². The topological polar surface area (TPSA) is 60.4 Å². The fourth-order valence-electron chi connectivity index (χ4n) is 1.86. The lowest BCUT2D eigenvalue weighted by Gasteiger charge is -2.15. The Morgan fingerprint density at radius 3 is 2.78 bits per heavy atom. The zero-order valence-corrected chi connectivity index (χ0v) is 11.1. The number of nitrogens with one attached hydrogen (secondary N) is 1. The van der Waals surface area contributed by atoms with Crippen LogP contribution in [0.2, 0.25) is 0 Å². The van der Waals surface area contributed by atoms with E-state index in [2.05, 4.69) is 18.4 Å². The number of ether oxygens (including phenoxy) is 1. The van der Waals surface area contributed by atoms with Gasteiger partial charge in [-0.2, -0.15) is 0 Å². The average Bonchev–Trinajstić information content (AvgIpc) is 2.72. The molecule has 4 heteroatoms. The molecule has 3 N–H and O–H groups in total. The highest BCUT2D eigenvalue weighted by atomic mass is 16.5. The summed E-state index contributed by atoms with van der Waals surface area (Å²) in [4.78, 5) is 0. The van der Waals surface area contributed by atoms with Gasteiger partial charge in [0.15, 0.2) is 0 Å². The highest BCUT2D eigenvalue weighted by Crippen LogP contribution is 2.24. The van der Waals surface area contributed by atoms with Gasteiger partial charge in [-0.25, -0.2) is 5.43 Å². The maximum absolute atomic E-state index is 5.79. The monoisotopic (exact) mass is 248 g/mol. The first-order valence-corrected chi connectivity index (χ1v) is 6.18. The van der Waals surface area contributed by atoms with Gasteiger partial charge in [-0.1, -0.05) is 11.6 Å². The molecule has 4 nitrogen and oxygen atoms in total. The quantitative estimate of drug-likeness (QED) is 0.631. The number of benzene rings is 1. The first-order valence-electron chi connectivity index (χ1n) is 6.18. The summed E-state index contributed by atoms with van der Waals surface area (Å²) in [6.07, 6.45) is 0.174. The first kappa shape index (κ1) is 13.1. The van der Waals surface area contributed by atoms with Crippen molar-refractivity contribution in [1.82, 2.24) is 5.43 Å². The molecule has 2 aromatic rings. The van der Waals surface area contributed by atoms with Crippen LogP contribution in [0.3, 0.4) is 0 Å². The summed E-state index contributed by atoms with van der Waals surface area (Å²) in [5.74, 6) is 6.36. The Morgan fingerprint density at radius 2 is 2.11 bits per heavy atom. The van der Waals surface area contributed by atoms with Crippen molar-refractivity contribution < 1.29 is 9.15 Å². The molecule has 0 aliphatic carbocycles. The predicted molar refractivity (Wildman–Crippen MR) is 72.1 cm³/mol. The maximum atomic E-state index is 5.79. The Labute approximate surface area is 107 Å². The van der Waals surface area contributed by atoms with Gasteiger partial charge in [0.1, 0.15) is 17.4 Å². The van der Waals surface area contributed by atoms with Gasteiger partial charge < -0.3 is 9.15 Å². The second kappa shape index (κ2) is 5.52. The number of hydrogen-bond donors (Lipinski definition) is 2. The van der Waals surface area contributed by atoms with Gasteiger partial charge in [0.2, 0.25) is 0 Å². The largest absolute Gasteiger partial charge is 0.459 e. The van der Waals surface area contributed by atoms with Crippen LogP contribution < -0.4 is 11.3 Å². The molecule has 0 amide bonds. The molecule has 0 aliphatic heterocycles. The molecule has 1 unspecified atom stereocenters. The maximum Gasteiger partial charge on any atom is 0.134 e. The summed E-state index contributed by atoms with van der Waals surface area (Å²) >= 11 is 0. The van der Waals surface area contributed by atoms with E-state index in [1.54, 1.807) is 0 Å². The van der Waals surface area contributed by atoms with E-state index >= 15 is 0 Å². The molecule has 0 radical (unpaired) electrons. The SMILES string of the molecule is Cc1ccc2oc(C(COC(C)C)NN)cc2c1. The van der Waals surface area contributed by atoms with Crippen LogP contribution in [0.15, 0.2) is 28.7 Å². The molecule has 0 bridgehead atoms. The molecule has 1 aromatic heterocycles. The fourth-order valence-corrected chi connectivity index (χ4v) is 1.86. The molecule has 0 saturated heterocycles. The number of fused-ring (bicyclic) bond motifs is 1. The Morgan fingerprint density at radius 1 is 1.33 bits per heavy atom. The van der Waals surface area contributed by atoms with Crippen molar-refractivity contribution in [1.29, 1.82) is 0 Å². The molecule has 0 spiro atoms. The number of furan rings is 1. The van der Waals surface area contributed by atoms with Gasteiger partial charge in [0, 0.05) is 5.39 Å². The molecule has 98 valence electrons. The Kier molecular flexibility index (Phi) is 4.01. The minimum atomic E-state index is -0.125. The third-order valence-electron chi connectivity index (χ3n) is 2.83. The lowest BCUT2D eigenvalue weighted by atomic mass is 10.1. The van der Waals surface area contributed by atoms with Crippen LogP contribution in [-0.4, -0.2) is 12.7 Å². The molecule has 1 aromatic carbocycles. The van der Waals surface area contributed by atoms with E-state index in [9.17, 15) is 0 Å². The second-order valence-electron chi connectivity index (χ2n) is 4.79. The van der Waals surface area contributed by atoms with Gasteiger partial charge in [0.25, 0.3) is 0 Å². The van der Waals surface area contributed by atoms with E-state index in [4.69, 9.17) is 15.0 Å². The van der Waals surface area contributed by atoms with Gasteiger partial charge in [-0.15, -0.1) is 0 Å². The fraction of sp³-hybridized carbons (Fsp3) is 0.429. The smallest absolute Gasteiger partial charge is 0.134 e. The molecule has 0 fully saturated rings. The summed E-state index contributed by atoms with van der Waals surface area (Å²) in [7, 11) is 0. The van der Waals surface area contributed by atoms with E-state index in [1.165, 1.54) is 5.56 Å². The van der Waals surface area contributed by atoms with E-state index in [0.717, 1.165) is 16.7 Å². The van der Waals surface area contributed by atoms with Gasteiger partial charge >= 0.3 is 0 Å². The molecular weight excluding hydrogens is 228 g/mol. The van der Waals surface area contributed by atoms with Crippen LogP contribution in [-0.2, 0) is 4.74 Å². The Balaban J connectivity index is 2.22. The van der Waals surface area contributed by atoms with Crippen molar-refractivity contribution in [2.75, 3.05) is 6.61 Å². The summed E-state index contributed by atoms with van der Waals surface area (Å²) in [5.41, 5.74) is 4.82. The lowest BCUT2D eigenvalue weighted by molar-refractivity contribution is 0.0572. The molecule has 1 atom stereocenters. The highest BCUT2D eigenvalue weighted by Gasteiger charge is 2.15. The average molecular weight is 248 g/mol. The number of hydrazine groups is 1. The highest BCUT2D eigenvalue weighted by molar-refractivity contribution is 5.78. The van der Waals surface area contributed by atoms with Crippen molar-refractivity contribution >= 4 is 11.0 Å². The molecule has 1 heterocycles. The summed E-state index contributed by atoms with van der Waals surface area (Å²) in [5, 5.41) is 1.09. The zero-order valence-electron chi connectivity index (χ0n) is 11.1. The number of nitrogens with two attached hydrogens (primary N) is 1. The summed E-state index contributed by atoms with van der Waals surface area (Å²) < 4.78 is 11.4. The Bertz CT molecular complexity index is 519. The number of rotatable bonds is 5. The lowest BCUT2D eigenvalue weighted by Crippen LogP contribution is -2.31. The molecule has 18 heavy (non-hydrogen) atoms. The molecule has 0 saturated carbocycles. The number of aryl methyl sites for hydroxylation is 1. The Hall–Kier alpha value is -1.36. The molecule has 0 aliphatic rings. The second-order valence-corrected chi connectivity index (χ2v) is 4.79. The van der Waals surface area contributed by atoms with E-state index in [1.807, 2.05) is 32.0 Å². The minimum Gasteiger partial charge on any atom is -0.459 e. The van der Waals surface area contributed by atoms with Crippen LogP contribution >= 0.6 is 0 Å². The normalized spacial score (nSPS) is 13.4. The van der Waals surface area contributed by atoms with E-state index in [0.29, 0.717) is 6.61 Å². The molecular formula is C14H20N2O2. The van der Waals surface area contributed by atoms with Crippen LogP contribution in [0.1, 0.15) is 31.2 Å². The van der Waals surface area contributed by atoms with E-state index in [-0.39, 0.29) is 12.1 Å². The van der Waals surface area contributed by atoms with Gasteiger partial charge in [-0.3, -0.25) is 5.84 Å². The van der Waals surface area contributed by atoms with Gasteiger partial charge in [-0.05, 0) is 39.0 Å². The van der Waals surface area contributed by atoms with E-state index < -0.39 is 0 Å². The van der Waals surface area contributed by atoms with Crippen LogP contribution in [0.25, 0.3) is 11.0 Å².